The van der Waals surface area contributed by atoms with E-state index >= 15 is 0 Å². The van der Waals surface area contributed by atoms with Gasteiger partial charge in [-0.1, -0.05) is 38.1 Å². The summed E-state index contributed by atoms with van der Waals surface area (Å²) in [4.78, 5) is 27.0. The molecular formula is C22H29N3O2. The molecule has 0 bridgehead atoms. The number of benzene rings is 1. The summed E-state index contributed by atoms with van der Waals surface area (Å²) in [5.41, 5.74) is 3.45. The molecule has 0 spiro atoms. The van der Waals surface area contributed by atoms with Crippen LogP contribution in [-0.2, 0) is 16.1 Å². The molecular weight excluding hydrogens is 338 g/mol. The highest BCUT2D eigenvalue weighted by Crippen LogP contribution is 2.34. The van der Waals surface area contributed by atoms with Gasteiger partial charge in [0, 0.05) is 44.4 Å². The Morgan fingerprint density at radius 1 is 1.11 bits per heavy atom. The fourth-order valence-corrected chi connectivity index (χ4v) is 3.64. The Bertz CT molecular complexity index is 809. The van der Waals surface area contributed by atoms with Crippen LogP contribution in [0.5, 0.6) is 0 Å². The minimum Gasteiger partial charge on any atom is -0.356 e. The number of rotatable bonds is 6. The Morgan fingerprint density at radius 2 is 1.89 bits per heavy atom. The van der Waals surface area contributed by atoms with Gasteiger partial charge in [0.25, 0.3) is 0 Å². The van der Waals surface area contributed by atoms with Crippen molar-refractivity contribution in [2.45, 2.75) is 46.2 Å². The molecule has 0 radical (unpaired) electrons. The zero-order chi connectivity index (χ0) is 19.4. The number of hydrogen-bond acceptors (Lipinski definition) is 2. The fraction of sp³-hybridized carbons (Fsp3) is 0.455. The highest BCUT2D eigenvalue weighted by molar-refractivity contribution is 5.84. The molecule has 2 amide bonds. The molecule has 1 aliphatic rings. The molecule has 1 aromatic carbocycles. The lowest BCUT2D eigenvalue weighted by Gasteiger charge is -2.38. The molecule has 1 aliphatic heterocycles. The third kappa shape index (κ3) is 4.41. The smallest absolute Gasteiger partial charge is 0.223 e. The molecule has 1 aromatic heterocycles. The number of fused-ring (bicyclic) bond motifs is 1. The van der Waals surface area contributed by atoms with Crippen LogP contribution in [0.15, 0.2) is 42.6 Å². The number of aromatic nitrogens is 1. The molecule has 1 N–H and O–H groups in total. The number of aryl methyl sites for hydroxylation is 1. The summed E-state index contributed by atoms with van der Waals surface area (Å²) in [5.74, 6) is 0.394. The van der Waals surface area contributed by atoms with Crippen LogP contribution in [0.1, 0.15) is 49.6 Å². The lowest BCUT2D eigenvalue weighted by Crippen LogP contribution is -2.43. The van der Waals surface area contributed by atoms with Crippen molar-refractivity contribution in [1.82, 2.24) is 14.8 Å². The molecule has 2 aromatic rings. The summed E-state index contributed by atoms with van der Waals surface area (Å²) in [5, 5.41) is 2.89. The first kappa shape index (κ1) is 19.2. The van der Waals surface area contributed by atoms with Crippen molar-refractivity contribution in [2.75, 3.05) is 13.1 Å². The van der Waals surface area contributed by atoms with Gasteiger partial charge in [-0.05, 0) is 36.1 Å². The molecule has 1 atom stereocenters. The number of amides is 2. The van der Waals surface area contributed by atoms with Crippen LogP contribution < -0.4 is 5.32 Å². The van der Waals surface area contributed by atoms with Gasteiger partial charge >= 0.3 is 0 Å². The molecule has 2 heterocycles. The Hall–Kier alpha value is -2.56. The first-order chi connectivity index (χ1) is 13.0. The second-order valence-corrected chi connectivity index (χ2v) is 7.67. The first-order valence-electron chi connectivity index (χ1n) is 9.74. The molecule has 0 fully saturated rings. The molecule has 144 valence electrons. The minimum atomic E-state index is -0.0961. The van der Waals surface area contributed by atoms with E-state index in [0.717, 1.165) is 17.8 Å². The first-order valence-corrected chi connectivity index (χ1v) is 9.74. The van der Waals surface area contributed by atoms with E-state index in [-0.39, 0.29) is 30.7 Å². The van der Waals surface area contributed by atoms with Crippen molar-refractivity contribution < 1.29 is 9.59 Å². The number of carbonyl (C=O) groups excluding carboxylic acids is 2. The number of nitrogens with zero attached hydrogens (tertiary/aromatic N) is 2. The normalized spacial score (nSPS) is 16.3. The molecule has 5 heteroatoms. The third-order valence-corrected chi connectivity index (χ3v) is 5.12. The van der Waals surface area contributed by atoms with E-state index in [0.29, 0.717) is 19.0 Å². The third-order valence-electron chi connectivity index (χ3n) is 5.12. The van der Waals surface area contributed by atoms with Crippen LogP contribution in [0.2, 0.25) is 0 Å². The minimum absolute atomic E-state index is 0.0374. The summed E-state index contributed by atoms with van der Waals surface area (Å²) < 4.78 is 2.22. The maximum atomic E-state index is 13.0. The van der Waals surface area contributed by atoms with E-state index in [9.17, 15) is 9.59 Å². The Balaban J connectivity index is 1.76. The van der Waals surface area contributed by atoms with Crippen LogP contribution in [0.3, 0.4) is 0 Å². The maximum Gasteiger partial charge on any atom is 0.223 e. The lowest BCUT2D eigenvalue weighted by atomic mass is 9.95. The van der Waals surface area contributed by atoms with Gasteiger partial charge in [0.05, 0.1) is 6.04 Å². The number of hydrogen-bond donors (Lipinski definition) is 1. The largest absolute Gasteiger partial charge is 0.356 e. The summed E-state index contributed by atoms with van der Waals surface area (Å²) in [7, 11) is 0. The Morgan fingerprint density at radius 3 is 2.63 bits per heavy atom. The fourth-order valence-electron chi connectivity index (χ4n) is 3.64. The Kier molecular flexibility index (Phi) is 5.99. The van der Waals surface area contributed by atoms with Crippen molar-refractivity contribution in [3.8, 4) is 0 Å². The second kappa shape index (κ2) is 8.42. The topological polar surface area (TPSA) is 54.3 Å². The SMILES string of the molecule is Cc1ccccc1[C@@H]1c2cccn2CCN1C(=O)CCC(=O)NCC(C)C. The molecule has 3 rings (SSSR count). The summed E-state index contributed by atoms with van der Waals surface area (Å²) in [6, 6.07) is 12.2. The molecule has 0 unspecified atom stereocenters. The monoisotopic (exact) mass is 367 g/mol. The van der Waals surface area contributed by atoms with E-state index in [4.69, 9.17) is 0 Å². The van der Waals surface area contributed by atoms with Crippen molar-refractivity contribution >= 4 is 11.8 Å². The Labute approximate surface area is 161 Å². The maximum absolute atomic E-state index is 13.0. The molecule has 0 saturated heterocycles. The zero-order valence-electron chi connectivity index (χ0n) is 16.4. The van der Waals surface area contributed by atoms with Crippen molar-refractivity contribution in [1.29, 1.82) is 0 Å². The van der Waals surface area contributed by atoms with E-state index in [2.05, 4.69) is 55.1 Å². The van der Waals surface area contributed by atoms with Crippen LogP contribution in [0, 0.1) is 12.8 Å². The quantitative estimate of drug-likeness (QED) is 0.852. The lowest BCUT2D eigenvalue weighted by molar-refractivity contribution is -0.136. The van der Waals surface area contributed by atoms with E-state index in [1.807, 2.05) is 23.1 Å². The molecule has 0 aliphatic carbocycles. The average molecular weight is 367 g/mol. The molecule has 27 heavy (non-hydrogen) atoms. The summed E-state index contributed by atoms with van der Waals surface area (Å²) >= 11 is 0. The van der Waals surface area contributed by atoms with Crippen molar-refractivity contribution in [2.24, 2.45) is 5.92 Å². The van der Waals surface area contributed by atoms with Crippen LogP contribution in [0.4, 0.5) is 0 Å². The van der Waals surface area contributed by atoms with Gasteiger partial charge in [0.1, 0.15) is 0 Å². The van der Waals surface area contributed by atoms with Gasteiger partial charge in [0.15, 0.2) is 0 Å². The van der Waals surface area contributed by atoms with Crippen LogP contribution in [-0.4, -0.2) is 34.4 Å². The predicted molar refractivity (Wildman–Crippen MR) is 106 cm³/mol. The van der Waals surface area contributed by atoms with Crippen molar-refractivity contribution in [3.05, 3.63) is 59.4 Å². The van der Waals surface area contributed by atoms with Gasteiger partial charge < -0.3 is 14.8 Å². The van der Waals surface area contributed by atoms with Crippen LogP contribution in [0.25, 0.3) is 0 Å². The van der Waals surface area contributed by atoms with Gasteiger partial charge in [0.2, 0.25) is 11.8 Å². The average Bonchev–Trinajstić information content (AvgIpc) is 3.13. The summed E-state index contributed by atoms with van der Waals surface area (Å²) in [6.45, 7) is 8.29. The zero-order valence-corrected chi connectivity index (χ0v) is 16.4. The van der Waals surface area contributed by atoms with Crippen LogP contribution >= 0.6 is 0 Å². The summed E-state index contributed by atoms with van der Waals surface area (Å²) in [6.07, 6.45) is 2.55. The van der Waals surface area contributed by atoms with Gasteiger partial charge in [-0.25, -0.2) is 0 Å². The molecule has 5 nitrogen and oxygen atoms in total. The highest BCUT2D eigenvalue weighted by Gasteiger charge is 2.32. The molecule has 0 saturated carbocycles. The standard InChI is InChI=1S/C22H29N3O2/c1-16(2)15-23-20(26)10-11-21(27)25-14-13-24-12-6-9-19(24)22(25)18-8-5-4-7-17(18)3/h4-9,12,16,22H,10-11,13-15H2,1-3H3,(H,23,26)/t22-/m1/s1. The second-order valence-electron chi connectivity index (χ2n) is 7.67. The van der Waals surface area contributed by atoms with E-state index in [1.54, 1.807) is 0 Å². The van der Waals surface area contributed by atoms with Crippen molar-refractivity contribution in [3.63, 3.8) is 0 Å². The number of carbonyl (C=O) groups is 2. The van der Waals surface area contributed by atoms with Gasteiger partial charge in [-0.2, -0.15) is 0 Å². The van der Waals surface area contributed by atoms with E-state index < -0.39 is 0 Å². The van der Waals surface area contributed by atoms with E-state index in [1.165, 1.54) is 5.56 Å². The van der Waals surface area contributed by atoms with Gasteiger partial charge in [-0.3, -0.25) is 9.59 Å². The highest BCUT2D eigenvalue weighted by atomic mass is 16.2. The van der Waals surface area contributed by atoms with Gasteiger partial charge in [-0.15, -0.1) is 0 Å². The predicted octanol–water partition coefficient (Wildman–Crippen LogP) is 3.28. The number of nitrogens with one attached hydrogen (secondary N) is 1.